The number of halogens is 2. The van der Waals surface area contributed by atoms with Crippen LogP contribution in [0.5, 0.6) is 11.5 Å². The van der Waals surface area contributed by atoms with Gasteiger partial charge in [-0.05, 0) is 17.7 Å². The van der Waals surface area contributed by atoms with Crippen molar-refractivity contribution in [2.75, 3.05) is 14.2 Å². The quantitative estimate of drug-likeness (QED) is 0.814. The van der Waals surface area contributed by atoms with Gasteiger partial charge in [-0.1, -0.05) is 29.3 Å². The van der Waals surface area contributed by atoms with E-state index in [-0.39, 0.29) is 15.7 Å². The fourth-order valence-electron chi connectivity index (χ4n) is 1.73. The second-order valence-electron chi connectivity index (χ2n) is 3.97. The number of methoxy groups -OCH3 is 2. The molecule has 1 aromatic carbocycles. The Kier molecular flexibility index (Phi) is 4.52. The molecule has 1 aromatic heterocycles. The molecule has 0 radical (unpaired) electrons. The summed E-state index contributed by atoms with van der Waals surface area (Å²) in [5.41, 5.74) is 0.464. The third-order valence-corrected chi connectivity index (χ3v) is 3.47. The van der Waals surface area contributed by atoms with E-state index >= 15 is 0 Å². The normalized spacial score (nSPS) is 10.4. The molecule has 0 N–H and O–H groups in total. The van der Waals surface area contributed by atoms with Crippen molar-refractivity contribution in [1.29, 1.82) is 0 Å². The predicted octanol–water partition coefficient (Wildman–Crippen LogP) is 2.62. The van der Waals surface area contributed by atoms with Crippen LogP contribution in [0.1, 0.15) is 5.56 Å². The molecule has 0 saturated carbocycles. The Morgan fingerprint density at radius 2 is 1.90 bits per heavy atom. The van der Waals surface area contributed by atoms with Crippen molar-refractivity contribution in [3.8, 4) is 11.5 Å². The molecule has 0 unspecified atom stereocenters. The number of hydrogen-bond acceptors (Lipinski definition) is 4. The molecule has 0 fully saturated rings. The zero-order valence-corrected chi connectivity index (χ0v) is 12.4. The van der Waals surface area contributed by atoms with Crippen LogP contribution in [-0.2, 0) is 6.54 Å². The van der Waals surface area contributed by atoms with Crippen LogP contribution >= 0.6 is 23.2 Å². The molecule has 0 bridgehead atoms. The topological polar surface area (TPSA) is 53.4 Å². The summed E-state index contributed by atoms with van der Waals surface area (Å²) in [4.78, 5) is 15.8. The molecule has 0 amide bonds. The van der Waals surface area contributed by atoms with E-state index in [2.05, 4.69) is 4.98 Å². The van der Waals surface area contributed by atoms with Crippen molar-refractivity contribution in [2.45, 2.75) is 6.54 Å². The highest BCUT2D eigenvalue weighted by molar-refractivity contribution is 6.40. The van der Waals surface area contributed by atoms with Crippen molar-refractivity contribution < 1.29 is 9.47 Å². The summed E-state index contributed by atoms with van der Waals surface area (Å²) in [6.07, 6.45) is 1.35. The largest absolute Gasteiger partial charge is 0.493 e. The molecule has 0 saturated heterocycles. The van der Waals surface area contributed by atoms with Crippen LogP contribution in [0.15, 0.2) is 29.3 Å². The maximum Gasteiger partial charge on any atom is 0.273 e. The van der Waals surface area contributed by atoms with Gasteiger partial charge in [-0.2, -0.15) is 0 Å². The second kappa shape index (κ2) is 6.15. The lowest BCUT2D eigenvalue weighted by atomic mass is 10.2. The highest BCUT2D eigenvalue weighted by Gasteiger charge is 2.09. The summed E-state index contributed by atoms with van der Waals surface area (Å²) in [5.74, 6) is 1.21. The molecule has 0 aliphatic rings. The molecule has 1 heterocycles. The van der Waals surface area contributed by atoms with Crippen LogP contribution in [0.3, 0.4) is 0 Å². The lowest BCUT2D eigenvalue weighted by Gasteiger charge is -2.10. The first-order valence-electron chi connectivity index (χ1n) is 5.68. The zero-order valence-electron chi connectivity index (χ0n) is 10.9. The minimum Gasteiger partial charge on any atom is -0.493 e. The van der Waals surface area contributed by atoms with Gasteiger partial charge in [0.25, 0.3) is 5.56 Å². The molecular formula is C13H12Cl2N2O3. The van der Waals surface area contributed by atoms with E-state index in [1.54, 1.807) is 26.4 Å². The lowest BCUT2D eigenvalue weighted by Crippen LogP contribution is -2.21. The van der Waals surface area contributed by atoms with E-state index in [4.69, 9.17) is 32.7 Å². The summed E-state index contributed by atoms with van der Waals surface area (Å²) >= 11 is 11.5. The molecule has 7 heteroatoms. The molecule has 106 valence electrons. The molecule has 5 nitrogen and oxygen atoms in total. The van der Waals surface area contributed by atoms with E-state index in [1.165, 1.54) is 10.9 Å². The highest BCUT2D eigenvalue weighted by Crippen LogP contribution is 2.27. The van der Waals surface area contributed by atoms with Crippen LogP contribution in [-0.4, -0.2) is 23.8 Å². The number of benzene rings is 1. The Balaban J connectivity index is 2.36. The van der Waals surface area contributed by atoms with Gasteiger partial charge in [0.05, 0.1) is 27.1 Å². The molecule has 0 atom stereocenters. The summed E-state index contributed by atoms with van der Waals surface area (Å²) in [6, 6.07) is 5.38. The number of nitrogens with zero attached hydrogens (tertiary/aromatic N) is 2. The van der Waals surface area contributed by atoms with Gasteiger partial charge in [0.1, 0.15) is 5.02 Å². The Morgan fingerprint density at radius 3 is 2.55 bits per heavy atom. The van der Waals surface area contributed by atoms with Crippen molar-refractivity contribution in [3.63, 3.8) is 0 Å². The first-order valence-corrected chi connectivity index (χ1v) is 6.43. The van der Waals surface area contributed by atoms with E-state index < -0.39 is 0 Å². The van der Waals surface area contributed by atoms with Crippen molar-refractivity contribution in [1.82, 2.24) is 9.55 Å². The SMILES string of the molecule is COc1ccc(Cn2cnc(Cl)c(Cl)c2=O)cc1OC. The van der Waals surface area contributed by atoms with Gasteiger partial charge in [-0.25, -0.2) is 4.98 Å². The smallest absolute Gasteiger partial charge is 0.273 e. The lowest BCUT2D eigenvalue weighted by molar-refractivity contribution is 0.354. The average Bonchev–Trinajstić information content (AvgIpc) is 2.47. The van der Waals surface area contributed by atoms with Gasteiger partial charge in [-0.15, -0.1) is 0 Å². The standard InChI is InChI=1S/C13H12Cl2N2O3/c1-19-9-4-3-8(5-10(9)20-2)6-17-7-16-12(15)11(14)13(17)18/h3-5,7H,6H2,1-2H3. The molecule has 0 spiro atoms. The van der Waals surface area contributed by atoms with E-state index in [9.17, 15) is 4.79 Å². The number of ether oxygens (including phenoxy) is 2. The first kappa shape index (κ1) is 14.7. The second-order valence-corrected chi connectivity index (χ2v) is 4.71. The summed E-state index contributed by atoms with van der Waals surface area (Å²) in [5, 5.41) is -0.0881. The van der Waals surface area contributed by atoms with Gasteiger partial charge >= 0.3 is 0 Å². The third-order valence-electron chi connectivity index (χ3n) is 2.74. The van der Waals surface area contributed by atoms with Gasteiger partial charge in [0.2, 0.25) is 0 Å². The monoisotopic (exact) mass is 314 g/mol. The fourth-order valence-corrected chi connectivity index (χ4v) is 2.01. The van der Waals surface area contributed by atoms with Crippen LogP contribution < -0.4 is 15.0 Å². The minimum absolute atomic E-state index is 0.000211. The van der Waals surface area contributed by atoms with Gasteiger partial charge in [0.15, 0.2) is 16.7 Å². The number of aromatic nitrogens is 2. The maximum atomic E-state index is 11.9. The fraction of sp³-hybridized carbons (Fsp3) is 0.231. The van der Waals surface area contributed by atoms with Gasteiger partial charge < -0.3 is 9.47 Å². The van der Waals surface area contributed by atoms with E-state index in [1.807, 2.05) is 6.07 Å². The van der Waals surface area contributed by atoms with Crippen LogP contribution in [0, 0.1) is 0 Å². The molecule has 2 aromatic rings. The Bertz CT molecular complexity index is 686. The highest BCUT2D eigenvalue weighted by atomic mass is 35.5. The number of hydrogen-bond donors (Lipinski definition) is 0. The summed E-state index contributed by atoms with van der Waals surface area (Å²) in [7, 11) is 3.11. The minimum atomic E-state index is -0.388. The third kappa shape index (κ3) is 2.89. The van der Waals surface area contributed by atoms with Crippen molar-refractivity contribution in [2.24, 2.45) is 0 Å². The zero-order chi connectivity index (χ0) is 14.7. The van der Waals surface area contributed by atoms with Crippen molar-refractivity contribution in [3.05, 3.63) is 50.6 Å². The molecule has 20 heavy (non-hydrogen) atoms. The van der Waals surface area contributed by atoms with Crippen LogP contribution in [0.2, 0.25) is 10.2 Å². The Labute approximate surface area is 125 Å². The molecular weight excluding hydrogens is 303 g/mol. The van der Waals surface area contributed by atoms with Gasteiger partial charge in [-0.3, -0.25) is 9.36 Å². The Morgan fingerprint density at radius 1 is 1.20 bits per heavy atom. The molecule has 2 rings (SSSR count). The maximum absolute atomic E-state index is 11.9. The van der Waals surface area contributed by atoms with E-state index in [0.29, 0.717) is 18.0 Å². The summed E-state index contributed by atoms with van der Waals surface area (Å²) in [6.45, 7) is 0.309. The van der Waals surface area contributed by atoms with Crippen molar-refractivity contribution >= 4 is 23.2 Å². The van der Waals surface area contributed by atoms with E-state index in [0.717, 1.165) is 5.56 Å². The molecule has 0 aliphatic carbocycles. The predicted molar refractivity (Wildman–Crippen MR) is 77.2 cm³/mol. The summed E-state index contributed by atoms with van der Waals surface area (Å²) < 4.78 is 11.7. The van der Waals surface area contributed by atoms with Crippen LogP contribution in [0.4, 0.5) is 0 Å². The Hall–Kier alpha value is -1.72. The van der Waals surface area contributed by atoms with Crippen LogP contribution in [0.25, 0.3) is 0 Å². The van der Waals surface area contributed by atoms with Gasteiger partial charge in [0, 0.05) is 0 Å². The first-order chi connectivity index (χ1) is 9.56. The average molecular weight is 315 g/mol. The molecule has 0 aliphatic heterocycles. The number of rotatable bonds is 4.